The van der Waals surface area contributed by atoms with Crippen molar-refractivity contribution in [2.24, 2.45) is 0 Å². The van der Waals surface area contributed by atoms with Crippen LogP contribution < -0.4 is 5.73 Å². The van der Waals surface area contributed by atoms with Crippen LogP contribution in [0.3, 0.4) is 0 Å². The fraction of sp³-hybridized carbons (Fsp3) is 0.333. The van der Waals surface area contributed by atoms with E-state index in [1.807, 2.05) is 13.8 Å². The van der Waals surface area contributed by atoms with Crippen LogP contribution in [0.1, 0.15) is 55.3 Å². The molecule has 0 aromatic carbocycles. The van der Waals surface area contributed by atoms with E-state index in [0.717, 1.165) is 20.7 Å². The summed E-state index contributed by atoms with van der Waals surface area (Å²) in [7, 11) is 0. The lowest BCUT2D eigenvalue weighted by molar-refractivity contribution is 0.0455. The zero-order chi connectivity index (χ0) is 19.2. The number of carbonyl (C=O) groups excluding carboxylic acids is 2. The van der Waals surface area contributed by atoms with E-state index in [-0.39, 0.29) is 18.1 Å². The summed E-state index contributed by atoms with van der Waals surface area (Å²) in [4.78, 5) is 37.6. The van der Waals surface area contributed by atoms with Gasteiger partial charge in [-0.15, -0.1) is 11.3 Å². The molecule has 7 nitrogen and oxygen atoms in total. The zero-order valence-electron chi connectivity index (χ0n) is 15.3. The van der Waals surface area contributed by atoms with Crippen molar-refractivity contribution in [3.63, 3.8) is 0 Å². The summed E-state index contributed by atoms with van der Waals surface area (Å²) in [5.41, 5.74) is 9.13. The largest absolute Gasteiger partial charge is 0.453 e. The zero-order valence-corrected chi connectivity index (χ0v) is 16.1. The lowest BCUT2D eigenvalue weighted by Gasteiger charge is -2.05. The number of nitrogen functional groups attached to an aromatic ring is 1. The van der Waals surface area contributed by atoms with Gasteiger partial charge in [0.2, 0.25) is 0 Å². The second-order valence-corrected chi connectivity index (χ2v) is 7.45. The number of fused-ring (bicyclic) bond motifs is 1. The number of ketones is 1. The summed E-state index contributed by atoms with van der Waals surface area (Å²) >= 11 is 1.53. The molecule has 3 rings (SSSR count). The third kappa shape index (κ3) is 2.96. The number of Topliss-reactive ketones (excluding diaryl/α,β-unsaturated/α-hetero) is 1. The van der Waals surface area contributed by atoms with E-state index >= 15 is 0 Å². The van der Waals surface area contributed by atoms with Crippen LogP contribution >= 0.6 is 11.3 Å². The molecule has 8 heteroatoms. The van der Waals surface area contributed by atoms with Crippen molar-refractivity contribution < 1.29 is 14.3 Å². The molecule has 0 spiro atoms. The molecule has 3 aromatic heterocycles. The minimum atomic E-state index is -0.557. The Morgan fingerprint density at radius 2 is 1.85 bits per heavy atom. The highest BCUT2D eigenvalue weighted by Crippen LogP contribution is 2.32. The van der Waals surface area contributed by atoms with Crippen molar-refractivity contribution in [1.82, 2.24) is 15.0 Å². The highest BCUT2D eigenvalue weighted by Gasteiger charge is 2.21. The van der Waals surface area contributed by atoms with Gasteiger partial charge in [-0.05, 0) is 45.7 Å². The van der Waals surface area contributed by atoms with Crippen molar-refractivity contribution in [3.8, 4) is 0 Å². The number of aromatic amines is 1. The van der Waals surface area contributed by atoms with Gasteiger partial charge in [-0.2, -0.15) is 0 Å². The van der Waals surface area contributed by atoms with Crippen molar-refractivity contribution in [2.75, 3.05) is 5.73 Å². The van der Waals surface area contributed by atoms with E-state index in [9.17, 15) is 9.59 Å². The predicted octanol–water partition coefficient (Wildman–Crippen LogP) is 3.39. The Balaban J connectivity index is 1.83. The van der Waals surface area contributed by atoms with Crippen molar-refractivity contribution in [3.05, 3.63) is 38.8 Å². The second kappa shape index (κ2) is 6.53. The molecule has 0 saturated heterocycles. The molecule has 3 N–H and O–H groups in total. The van der Waals surface area contributed by atoms with Gasteiger partial charge in [0.1, 0.15) is 16.3 Å². The van der Waals surface area contributed by atoms with Crippen LogP contribution in [0.2, 0.25) is 0 Å². The van der Waals surface area contributed by atoms with Crippen LogP contribution in [0.5, 0.6) is 0 Å². The van der Waals surface area contributed by atoms with Gasteiger partial charge in [0, 0.05) is 16.1 Å². The third-order valence-corrected chi connectivity index (χ3v) is 5.53. The number of aromatic nitrogens is 3. The topological polar surface area (TPSA) is 111 Å². The number of H-pyrrole nitrogens is 1. The number of thiophene rings is 1. The Morgan fingerprint density at radius 1 is 1.15 bits per heavy atom. The van der Waals surface area contributed by atoms with Gasteiger partial charge in [0.05, 0.1) is 5.39 Å². The molecule has 0 aliphatic heterocycles. The maximum Gasteiger partial charge on any atom is 0.355 e. The van der Waals surface area contributed by atoms with Gasteiger partial charge in [-0.3, -0.25) is 4.79 Å². The molecule has 0 aliphatic rings. The minimum absolute atomic E-state index is 0.0954. The fourth-order valence-corrected chi connectivity index (χ4v) is 4.13. The van der Waals surface area contributed by atoms with E-state index in [1.54, 1.807) is 13.8 Å². The van der Waals surface area contributed by atoms with Crippen LogP contribution in [-0.4, -0.2) is 26.7 Å². The van der Waals surface area contributed by atoms with Gasteiger partial charge >= 0.3 is 5.97 Å². The molecule has 0 aliphatic carbocycles. The number of hydrogen-bond donors (Lipinski definition) is 2. The quantitative estimate of drug-likeness (QED) is 0.536. The highest BCUT2D eigenvalue weighted by molar-refractivity contribution is 7.18. The Morgan fingerprint density at radius 3 is 2.46 bits per heavy atom. The minimum Gasteiger partial charge on any atom is -0.453 e. The monoisotopic (exact) mass is 372 g/mol. The maximum atomic E-state index is 12.4. The average molecular weight is 372 g/mol. The van der Waals surface area contributed by atoms with E-state index in [4.69, 9.17) is 10.5 Å². The number of hydrogen-bond acceptors (Lipinski definition) is 7. The first-order chi connectivity index (χ1) is 12.2. The van der Waals surface area contributed by atoms with Crippen LogP contribution in [0.4, 0.5) is 5.82 Å². The molecule has 0 radical (unpaired) electrons. The van der Waals surface area contributed by atoms with Crippen molar-refractivity contribution in [2.45, 2.75) is 41.2 Å². The number of nitrogens with one attached hydrogen (secondary N) is 1. The van der Waals surface area contributed by atoms with E-state index < -0.39 is 5.97 Å². The first-order valence-corrected chi connectivity index (χ1v) is 8.91. The SMILES string of the molecule is CC(=O)c1c(C)[nH]c(C(=O)OCc2nc(N)c3c(C)c(C)sc3n2)c1C. The number of esters is 1. The lowest BCUT2D eigenvalue weighted by atomic mass is 10.1. The van der Waals surface area contributed by atoms with Gasteiger partial charge in [0.25, 0.3) is 0 Å². The molecule has 0 saturated carbocycles. The molecular formula is C18H20N4O3S. The molecule has 26 heavy (non-hydrogen) atoms. The van der Waals surface area contributed by atoms with Gasteiger partial charge in [-0.25, -0.2) is 14.8 Å². The Hall–Kier alpha value is -2.74. The normalized spacial score (nSPS) is 11.1. The van der Waals surface area contributed by atoms with Gasteiger partial charge < -0.3 is 15.5 Å². The molecule has 0 fully saturated rings. The number of ether oxygens (including phenoxy) is 1. The van der Waals surface area contributed by atoms with E-state index in [2.05, 4.69) is 15.0 Å². The molecule has 0 unspecified atom stereocenters. The number of rotatable bonds is 4. The summed E-state index contributed by atoms with van der Waals surface area (Å²) in [6, 6.07) is 0. The summed E-state index contributed by atoms with van der Waals surface area (Å²) in [6.07, 6.45) is 0. The lowest BCUT2D eigenvalue weighted by Crippen LogP contribution is -2.10. The van der Waals surface area contributed by atoms with Gasteiger partial charge in [0.15, 0.2) is 18.2 Å². The predicted molar refractivity (Wildman–Crippen MR) is 101 cm³/mol. The Kier molecular flexibility index (Phi) is 4.53. The maximum absolute atomic E-state index is 12.4. The molecule has 0 atom stereocenters. The smallest absolute Gasteiger partial charge is 0.355 e. The second-order valence-electron chi connectivity index (χ2n) is 6.25. The van der Waals surface area contributed by atoms with E-state index in [1.165, 1.54) is 18.3 Å². The molecular weight excluding hydrogens is 352 g/mol. The first kappa shape index (κ1) is 18.1. The van der Waals surface area contributed by atoms with Crippen LogP contribution in [0.25, 0.3) is 10.2 Å². The van der Waals surface area contributed by atoms with Crippen molar-refractivity contribution >= 4 is 39.1 Å². The molecule has 3 heterocycles. The van der Waals surface area contributed by atoms with E-state index in [0.29, 0.717) is 28.5 Å². The molecule has 136 valence electrons. The third-order valence-electron chi connectivity index (χ3n) is 4.43. The highest BCUT2D eigenvalue weighted by atomic mass is 32.1. The van der Waals surface area contributed by atoms with Crippen molar-refractivity contribution in [1.29, 1.82) is 0 Å². The standard InChI is InChI=1S/C18H20N4O3S/c1-7-11(5)26-17-14(7)16(19)21-12(22-17)6-25-18(24)15-8(2)13(10(4)23)9(3)20-15/h20H,6H2,1-5H3,(H2,19,21,22). The number of nitrogens with two attached hydrogens (primary N) is 1. The molecule has 3 aromatic rings. The number of nitrogens with zero attached hydrogens (tertiary/aromatic N) is 2. The first-order valence-electron chi connectivity index (χ1n) is 8.10. The average Bonchev–Trinajstić information content (AvgIpc) is 3.01. The molecule has 0 amide bonds. The Bertz CT molecular complexity index is 1050. The summed E-state index contributed by atoms with van der Waals surface area (Å²) in [5, 5.41) is 0.851. The summed E-state index contributed by atoms with van der Waals surface area (Å²) < 4.78 is 5.33. The van der Waals surface area contributed by atoms with Crippen LogP contribution in [-0.2, 0) is 11.3 Å². The Labute approximate surface area is 154 Å². The summed E-state index contributed by atoms with van der Waals surface area (Å²) in [5.74, 6) is 0.0742. The number of carbonyl (C=O) groups is 2. The van der Waals surface area contributed by atoms with Crippen LogP contribution in [0, 0.1) is 27.7 Å². The molecule has 0 bridgehead atoms. The van der Waals surface area contributed by atoms with Crippen LogP contribution in [0.15, 0.2) is 0 Å². The number of aryl methyl sites for hydroxylation is 3. The summed E-state index contributed by atoms with van der Waals surface area (Å²) in [6.45, 7) is 8.83. The van der Waals surface area contributed by atoms with Gasteiger partial charge in [-0.1, -0.05) is 0 Å². The number of anilines is 1. The fourth-order valence-electron chi connectivity index (χ4n) is 3.08.